The molecule has 94 valence electrons. The molecule has 1 aromatic heterocycles. The summed E-state index contributed by atoms with van der Waals surface area (Å²) in [5.41, 5.74) is 1.25. The molecule has 0 radical (unpaired) electrons. The maximum atomic E-state index is 5.94. The molecule has 1 N–H and O–H groups in total. The van der Waals surface area contributed by atoms with Gasteiger partial charge in [-0.25, -0.2) is 0 Å². The zero-order chi connectivity index (χ0) is 12.1. The molecule has 3 heteroatoms. The van der Waals surface area contributed by atoms with E-state index in [4.69, 9.17) is 4.74 Å². The number of pyridine rings is 1. The minimum Gasteiger partial charge on any atom is -0.374 e. The van der Waals surface area contributed by atoms with Gasteiger partial charge < -0.3 is 10.1 Å². The molecule has 1 saturated heterocycles. The van der Waals surface area contributed by atoms with Gasteiger partial charge in [-0.2, -0.15) is 0 Å². The first-order valence-electron chi connectivity index (χ1n) is 6.51. The lowest BCUT2D eigenvalue weighted by Crippen LogP contribution is -2.49. The minimum atomic E-state index is -0.0220. The molecule has 0 bridgehead atoms. The van der Waals surface area contributed by atoms with E-state index in [1.165, 1.54) is 12.0 Å². The van der Waals surface area contributed by atoms with Gasteiger partial charge in [0.25, 0.3) is 0 Å². The number of likely N-dealkylation sites (N-methyl/N-ethyl adjacent to an activating group) is 1. The highest BCUT2D eigenvalue weighted by Crippen LogP contribution is 2.30. The molecule has 0 spiro atoms. The molecular formula is C14H22N2O. The summed E-state index contributed by atoms with van der Waals surface area (Å²) in [5, 5.41) is 3.56. The molecule has 3 nitrogen and oxygen atoms in total. The van der Waals surface area contributed by atoms with E-state index < -0.39 is 0 Å². The van der Waals surface area contributed by atoms with Gasteiger partial charge in [0.1, 0.15) is 0 Å². The quantitative estimate of drug-likeness (QED) is 0.848. The Balaban J connectivity index is 2.07. The van der Waals surface area contributed by atoms with Crippen molar-refractivity contribution >= 4 is 0 Å². The molecule has 1 fully saturated rings. The van der Waals surface area contributed by atoms with Crippen molar-refractivity contribution in [2.24, 2.45) is 0 Å². The fraction of sp³-hybridized carbons (Fsp3) is 0.643. The van der Waals surface area contributed by atoms with Crippen molar-refractivity contribution in [2.75, 3.05) is 13.2 Å². The molecule has 0 saturated carbocycles. The number of rotatable bonds is 5. The average Bonchev–Trinajstić information content (AvgIpc) is 2.78. The van der Waals surface area contributed by atoms with Gasteiger partial charge in [-0.05, 0) is 44.4 Å². The summed E-state index contributed by atoms with van der Waals surface area (Å²) in [7, 11) is 0. The zero-order valence-electron chi connectivity index (χ0n) is 10.8. The number of nitrogens with zero attached hydrogens (tertiary/aromatic N) is 1. The summed E-state index contributed by atoms with van der Waals surface area (Å²) < 4.78 is 5.94. The zero-order valence-corrected chi connectivity index (χ0v) is 10.8. The van der Waals surface area contributed by atoms with E-state index in [1.54, 1.807) is 0 Å². The van der Waals surface area contributed by atoms with E-state index >= 15 is 0 Å². The third-order valence-corrected chi connectivity index (χ3v) is 3.60. The maximum Gasteiger partial charge on any atom is 0.0810 e. The lowest BCUT2D eigenvalue weighted by Gasteiger charge is -2.34. The number of hydrogen-bond acceptors (Lipinski definition) is 3. The van der Waals surface area contributed by atoms with Crippen molar-refractivity contribution in [1.82, 2.24) is 10.3 Å². The highest BCUT2D eigenvalue weighted by atomic mass is 16.5. The van der Waals surface area contributed by atoms with E-state index in [-0.39, 0.29) is 5.60 Å². The molecule has 2 unspecified atom stereocenters. The van der Waals surface area contributed by atoms with Crippen LogP contribution in [0.4, 0.5) is 0 Å². The van der Waals surface area contributed by atoms with Crippen LogP contribution < -0.4 is 5.32 Å². The minimum absolute atomic E-state index is 0.0220. The molecule has 2 rings (SSSR count). The van der Waals surface area contributed by atoms with Gasteiger partial charge >= 0.3 is 0 Å². The van der Waals surface area contributed by atoms with Crippen molar-refractivity contribution in [3.8, 4) is 0 Å². The molecule has 17 heavy (non-hydrogen) atoms. The smallest absolute Gasteiger partial charge is 0.0810 e. The van der Waals surface area contributed by atoms with E-state index in [1.807, 2.05) is 18.5 Å². The Morgan fingerprint density at radius 2 is 2.47 bits per heavy atom. The normalized spacial score (nSPS) is 26.0. The summed E-state index contributed by atoms with van der Waals surface area (Å²) in [5.74, 6) is 0. The van der Waals surface area contributed by atoms with Crippen LogP contribution in [0.2, 0.25) is 0 Å². The lowest BCUT2D eigenvalue weighted by atomic mass is 9.88. The SMILES string of the molecule is CCNC(Cc1cccnc1)C1(C)CCCO1. The van der Waals surface area contributed by atoms with Gasteiger partial charge in [-0.15, -0.1) is 0 Å². The van der Waals surface area contributed by atoms with Gasteiger partial charge in [0, 0.05) is 25.0 Å². The second kappa shape index (κ2) is 5.61. The van der Waals surface area contributed by atoms with Crippen LogP contribution in [0.15, 0.2) is 24.5 Å². The van der Waals surface area contributed by atoms with Crippen LogP contribution in [0.5, 0.6) is 0 Å². The van der Waals surface area contributed by atoms with Crippen LogP contribution in [0.3, 0.4) is 0 Å². The number of hydrogen-bond donors (Lipinski definition) is 1. The van der Waals surface area contributed by atoms with E-state index in [0.717, 1.165) is 26.0 Å². The lowest BCUT2D eigenvalue weighted by molar-refractivity contribution is -0.0110. The Morgan fingerprint density at radius 3 is 3.06 bits per heavy atom. The second-order valence-electron chi connectivity index (χ2n) is 4.94. The Bertz CT molecular complexity index is 333. The topological polar surface area (TPSA) is 34.2 Å². The van der Waals surface area contributed by atoms with Crippen molar-refractivity contribution in [3.05, 3.63) is 30.1 Å². The van der Waals surface area contributed by atoms with E-state index in [2.05, 4.69) is 30.2 Å². The third-order valence-electron chi connectivity index (χ3n) is 3.60. The summed E-state index contributed by atoms with van der Waals surface area (Å²) >= 11 is 0. The maximum absolute atomic E-state index is 5.94. The highest BCUT2D eigenvalue weighted by Gasteiger charge is 2.37. The summed E-state index contributed by atoms with van der Waals surface area (Å²) in [6, 6.07) is 4.51. The molecule has 1 aliphatic heterocycles. The van der Waals surface area contributed by atoms with Crippen LogP contribution >= 0.6 is 0 Å². The Kier molecular flexibility index (Phi) is 4.13. The van der Waals surface area contributed by atoms with Crippen LogP contribution in [0, 0.1) is 0 Å². The monoisotopic (exact) mass is 234 g/mol. The Hall–Kier alpha value is -0.930. The fourth-order valence-corrected chi connectivity index (χ4v) is 2.58. The second-order valence-corrected chi connectivity index (χ2v) is 4.94. The van der Waals surface area contributed by atoms with Gasteiger partial charge in [0.05, 0.1) is 5.60 Å². The molecule has 2 atom stereocenters. The first-order chi connectivity index (χ1) is 8.24. The van der Waals surface area contributed by atoms with Crippen molar-refractivity contribution in [1.29, 1.82) is 0 Å². The number of nitrogens with one attached hydrogen (secondary N) is 1. The van der Waals surface area contributed by atoms with Crippen molar-refractivity contribution in [2.45, 2.75) is 44.8 Å². The van der Waals surface area contributed by atoms with Crippen LogP contribution in [0.25, 0.3) is 0 Å². The van der Waals surface area contributed by atoms with E-state index in [0.29, 0.717) is 6.04 Å². The van der Waals surface area contributed by atoms with Gasteiger partial charge in [0.2, 0.25) is 0 Å². The summed E-state index contributed by atoms with van der Waals surface area (Å²) in [6.45, 7) is 6.24. The first-order valence-corrected chi connectivity index (χ1v) is 6.51. The van der Waals surface area contributed by atoms with Gasteiger partial charge in [0.15, 0.2) is 0 Å². The molecule has 0 aromatic carbocycles. The van der Waals surface area contributed by atoms with Crippen molar-refractivity contribution < 1.29 is 4.74 Å². The molecule has 1 aromatic rings. The van der Waals surface area contributed by atoms with E-state index in [9.17, 15) is 0 Å². The van der Waals surface area contributed by atoms with Crippen LogP contribution in [0.1, 0.15) is 32.3 Å². The first kappa shape index (κ1) is 12.5. The van der Waals surface area contributed by atoms with Gasteiger partial charge in [-0.1, -0.05) is 13.0 Å². The summed E-state index contributed by atoms with van der Waals surface area (Å²) in [4.78, 5) is 4.18. The van der Waals surface area contributed by atoms with Gasteiger partial charge in [-0.3, -0.25) is 4.98 Å². The molecule has 0 aliphatic carbocycles. The predicted octanol–water partition coefficient (Wildman–Crippen LogP) is 2.17. The average molecular weight is 234 g/mol. The Morgan fingerprint density at radius 1 is 1.59 bits per heavy atom. The third kappa shape index (κ3) is 3.05. The standard InChI is InChI=1S/C14H22N2O/c1-3-16-13(14(2)7-5-9-17-14)10-12-6-4-8-15-11-12/h4,6,8,11,13,16H,3,5,7,9-10H2,1-2H3. The van der Waals surface area contributed by atoms with Crippen LogP contribution in [-0.2, 0) is 11.2 Å². The predicted molar refractivity (Wildman–Crippen MR) is 69.0 cm³/mol. The highest BCUT2D eigenvalue weighted by molar-refractivity contribution is 5.12. The summed E-state index contributed by atoms with van der Waals surface area (Å²) in [6.07, 6.45) is 7.07. The van der Waals surface area contributed by atoms with Crippen molar-refractivity contribution in [3.63, 3.8) is 0 Å². The van der Waals surface area contributed by atoms with Crippen LogP contribution in [-0.4, -0.2) is 29.8 Å². The fourth-order valence-electron chi connectivity index (χ4n) is 2.58. The molecular weight excluding hydrogens is 212 g/mol. The largest absolute Gasteiger partial charge is 0.374 e. The molecule has 2 heterocycles. The molecule has 0 amide bonds. The molecule has 1 aliphatic rings. The number of aromatic nitrogens is 1. The Labute approximate surface area is 104 Å². The number of ether oxygens (including phenoxy) is 1.